The molecule has 0 spiro atoms. The van der Waals surface area contributed by atoms with Crippen molar-refractivity contribution in [1.29, 1.82) is 0 Å². The molecule has 0 aliphatic carbocycles. The summed E-state index contributed by atoms with van der Waals surface area (Å²) in [5, 5.41) is 15.0. The van der Waals surface area contributed by atoms with Crippen LogP contribution in [-0.4, -0.2) is 55.8 Å². The Balaban J connectivity index is 1.51. The van der Waals surface area contributed by atoms with Gasteiger partial charge in [0.2, 0.25) is 11.8 Å². The second kappa shape index (κ2) is 8.52. The van der Waals surface area contributed by atoms with Crippen LogP contribution >= 0.6 is 23.1 Å². The van der Waals surface area contributed by atoms with Gasteiger partial charge in [0.15, 0.2) is 5.13 Å². The van der Waals surface area contributed by atoms with Crippen molar-refractivity contribution in [2.24, 2.45) is 0 Å². The number of anilines is 1. The van der Waals surface area contributed by atoms with Gasteiger partial charge in [-0.3, -0.25) is 19.3 Å². The number of thioether (sulfide) groups is 1. The third kappa shape index (κ3) is 4.19. The number of β-lactam (4-membered cyclic amide) rings is 1. The second-order valence-corrected chi connectivity index (χ2v) is 9.10. The van der Waals surface area contributed by atoms with Gasteiger partial charge >= 0.3 is 5.97 Å². The van der Waals surface area contributed by atoms with Gasteiger partial charge in [0.25, 0.3) is 5.91 Å². The Kier molecular flexibility index (Phi) is 5.79. The number of hydrogen-bond donors (Lipinski definition) is 3. The lowest BCUT2D eigenvalue weighted by Gasteiger charge is -2.49. The molecule has 1 fully saturated rings. The fraction of sp³-hybridized carbons (Fsp3) is 0.250. The number of nitrogens with one attached hydrogen (secondary N) is 2. The maximum absolute atomic E-state index is 12.8. The first-order valence-corrected chi connectivity index (χ1v) is 11.2. The molecule has 2 atom stereocenters. The van der Waals surface area contributed by atoms with Crippen molar-refractivity contribution in [3.05, 3.63) is 52.7 Å². The van der Waals surface area contributed by atoms with E-state index in [9.17, 15) is 24.3 Å². The van der Waals surface area contributed by atoms with Crippen LogP contribution in [0.1, 0.15) is 17.4 Å². The van der Waals surface area contributed by atoms with Crippen molar-refractivity contribution in [2.45, 2.75) is 24.8 Å². The number of amides is 3. The number of benzene rings is 1. The van der Waals surface area contributed by atoms with Gasteiger partial charge in [0, 0.05) is 24.4 Å². The van der Waals surface area contributed by atoms with Crippen molar-refractivity contribution in [3.8, 4) is 0 Å². The Morgan fingerprint density at radius 1 is 1.26 bits per heavy atom. The third-order valence-electron chi connectivity index (χ3n) is 4.78. The molecule has 0 bridgehead atoms. The van der Waals surface area contributed by atoms with Crippen LogP contribution in [0.25, 0.3) is 5.57 Å². The molecule has 2 aliphatic heterocycles. The zero-order chi connectivity index (χ0) is 22.1. The average molecular weight is 459 g/mol. The van der Waals surface area contributed by atoms with Crippen molar-refractivity contribution < 1.29 is 24.3 Å². The monoisotopic (exact) mass is 458 g/mol. The highest BCUT2D eigenvalue weighted by molar-refractivity contribution is 8.00. The van der Waals surface area contributed by atoms with Crippen LogP contribution in [0, 0.1) is 0 Å². The zero-order valence-electron chi connectivity index (χ0n) is 16.3. The molecular formula is C20H18N4O5S2. The fourth-order valence-electron chi connectivity index (χ4n) is 3.44. The fourth-order valence-corrected chi connectivity index (χ4v) is 5.80. The Bertz CT molecular complexity index is 1100. The summed E-state index contributed by atoms with van der Waals surface area (Å²) in [7, 11) is 0. The number of rotatable bonds is 6. The smallest absolute Gasteiger partial charge is 0.353 e. The van der Waals surface area contributed by atoms with Crippen LogP contribution < -0.4 is 10.6 Å². The van der Waals surface area contributed by atoms with Gasteiger partial charge in [-0.15, -0.1) is 11.8 Å². The molecule has 160 valence electrons. The van der Waals surface area contributed by atoms with E-state index in [-0.39, 0.29) is 23.9 Å². The van der Waals surface area contributed by atoms with E-state index in [0.29, 0.717) is 21.3 Å². The Labute approximate surface area is 185 Å². The summed E-state index contributed by atoms with van der Waals surface area (Å²) < 4.78 is 0. The Morgan fingerprint density at radius 2 is 2.00 bits per heavy atom. The maximum atomic E-state index is 12.8. The molecule has 2 aromatic rings. The van der Waals surface area contributed by atoms with E-state index in [1.165, 1.54) is 29.8 Å². The standard InChI is InChI=1S/C20H18N4O5S2/c1-10(25)22-20-21-8-13(31-20)12-9-30-18-15(17(27)24(18)16(12)19(28)29)23-14(26)7-11-5-3-2-4-6-11/h2-6,8,15,18H,7,9H2,1H3,(H,23,26)(H,28,29)(H,21,22,25). The van der Waals surface area contributed by atoms with Crippen molar-refractivity contribution >= 4 is 57.5 Å². The molecule has 11 heteroatoms. The predicted molar refractivity (Wildman–Crippen MR) is 116 cm³/mol. The Hall–Kier alpha value is -3.18. The highest BCUT2D eigenvalue weighted by atomic mass is 32.2. The molecule has 31 heavy (non-hydrogen) atoms. The largest absolute Gasteiger partial charge is 0.477 e. The number of carboxylic acids is 1. The average Bonchev–Trinajstić information content (AvgIpc) is 3.19. The molecule has 3 amide bonds. The van der Waals surface area contributed by atoms with Gasteiger partial charge in [-0.25, -0.2) is 9.78 Å². The number of hydrogen-bond acceptors (Lipinski definition) is 7. The number of nitrogens with zero attached hydrogens (tertiary/aromatic N) is 2. The van der Waals surface area contributed by atoms with E-state index >= 15 is 0 Å². The summed E-state index contributed by atoms with van der Waals surface area (Å²) in [6, 6.07) is 8.40. The van der Waals surface area contributed by atoms with E-state index in [2.05, 4.69) is 15.6 Å². The molecular weight excluding hydrogens is 440 g/mol. The SMILES string of the molecule is CC(=O)Nc1ncc(C2=C(C(=O)O)N3C(=O)C(NC(=O)Cc4ccccc4)C3SC2)s1. The summed E-state index contributed by atoms with van der Waals surface area (Å²) >= 11 is 2.53. The number of aromatic nitrogens is 1. The maximum Gasteiger partial charge on any atom is 0.353 e. The molecule has 3 heterocycles. The predicted octanol–water partition coefficient (Wildman–Crippen LogP) is 1.54. The van der Waals surface area contributed by atoms with Gasteiger partial charge in [0.05, 0.1) is 11.3 Å². The highest BCUT2D eigenvalue weighted by Gasteiger charge is 2.54. The quantitative estimate of drug-likeness (QED) is 0.560. The summed E-state index contributed by atoms with van der Waals surface area (Å²) in [6.07, 6.45) is 1.63. The first-order chi connectivity index (χ1) is 14.8. The highest BCUT2D eigenvalue weighted by Crippen LogP contribution is 2.44. The number of thiazole rings is 1. The van der Waals surface area contributed by atoms with Crippen LogP contribution in [0.4, 0.5) is 5.13 Å². The minimum absolute atomic E-state index is 0.111. The van der Waals surface area contributed by atoms with Crippen LogP contribution in [0.5, 0.6) is 0 Å². The number of carbonyl (C=O) groups excluding carboxylic acids is 3. The van der Waals surface area contributed by atoms with Crippen LogP contribution in [0.3, 0.4) is 0 Å². The molecule has 3 N–H and O–H groups in total. The lowest BCUT2D eigenvalue weighted by atomic mass is 10.0. The molecule has 1 aromatic carbocycles. The van der Waals surface area contributed by atoms with E-state index in [1.54, 1.807) is 0 Å². The van der Waals surface area contributed by atoms with Crippen molar-refractivity contribution in [2.75, 3.05) is 11.1 Å². The van der Waals surface area contributed by atoms with E-state index < -0.39 is 23.3 Å². The lowest BCUT2D eigenvalue weighted by Crippen LogP contribution is -2.70. The van der Waals surface area contributed by atoms with Crippen molar-refractivity contribution in [3.63, 3.8) is 0 Å². The molecule has 4 rings (SSSR count). The van der Waals surface area contributed by atoms with Crippen LogP contribution in [0.2, 0.25) is 0 Å². The first kappa shape index (κ1) is 21.1. The van der Waals surface area contributed by atoms with Gasteiger partial charge in [-0.05, 0) is 5.56 Å². The molecule has 2 unspecified atom stereocenters. The van der Waals surface area contributed by atoms with Gasteiger partial charge in [0.1, 0.15) is 17.1 Å². The number of carbonyl (C=O) groups is 4. The van der Waals surface area contributed by atoms with Crippen LogP contribution in [-0.2, 0) is 25.6 Å². The number of aliphatic carboxylic acids is 1. The Morgan fingerprint density at radius 3 is 2.68 bits per heavy atom. The minimum Gasteiger partial charge on any atom is -0.477 e. The molecule has 9 nitrogen and oxygen atoms in total. The number of carboxylic acid groups (broad SMARTS) is 1. The molecule has 0 radical (unpaired) electrons. The third-order valence-corrected chi connectivity index (χ3v) is 7.03. The summed E-state index contributed by atoms with van der Waals surface area (Å²) in [4.78, 5) is 54.2. The molecule has 1 saturated heterocycles. The lowest BCUT2D eigenvalue weighted by molar-refractivity contribution is -0.150. The van der Waals surface area contributed by atoms with Crippen LogP contribution in [0.15, 0.2) is 42.2 Å². The minimum atomic E-state index is -1.22. The van der Waals surface area contributed by atoms with Crippen molar-refractivity contribution in [1.82, 2.24) is 15.2 Å². The van der Waals surface area contributed by atoms with E-state index in [0.717, 1.165) is 16.9 Å². The zero-order valence-corrected chi connectivity index (χ0v) is 18.0. The van der Waals surface area contributed by atoms with E-state index in [4.69, 9.17) is 0 Å². The summed E-state index contributed by atoms with van der Waals surface area (Å²) in [5.41, 5.74) is 1.18. The first-order valence-electron chi connectivity index (χ1n) is 9.33. The topological polar surface area (TPSA) is 129 Å². The molecule has 2 aliphatic rings. The molecule has 0 saturated carbocycles. The van der Waals surface area contributed by atoms with Gasteiger partial charge in [-0.2, -0.15) is 0 Å². The van der Waals surface area contributed by atoms with E-state index in [1.807, 2.05) is 30.3 Å². The van der Waals surface area contributed by atoms with Gasteiger partial charge in [-0.1, -0.05) is 41.7 Å². The normalized spacial score (nSPS) is 20.0. The number of fused-ring (bicyclic) bond motifs is 1. The second-order valence-electron chi connectivity index (χ2n) is 6.96. The summed E-state index contributed by atoms with van der Waals surface area (Å²) in [5.74, 6) is -1.92. The molecule has 1 aromatic heterocycles. The van der Waals surface area contributed by atoms with Gasteiger partial charge < -0.3 is 15.7 Å². The summed E-state index contributed by atoms with van der Waals surface area (Å²) in [6.45, 7) is 1.36.